The second-order valence-electron chi connectivity index (χ2n) is 4.85. The highest BCUT2D eigenvalue weighted by atomic mass is 15.1. The van der Waals surface area contributed by atoms with Crippen LogP contribution in [0.2, 0.25) is 0 Å². The van der Waals surface area contributed by atoms with Crippen molar-refractivity contribution in [1.82, 2.24) is 4.90 Å². The molecule has 0 atom stereocenters. The average molecular weight is 230 g/mol. The van der Waals surface area contributed by atoms with Crippen LogP contribution < -0.4 is 0 Å². The van der Waals surface area contributed by atoms with Crippen LogP contribution in [-0.4, -0.2) is 18.0 Å². The lowest BCUT2D eigenvalue weighted by molar-refractivity contribution is 0.255. The highest BCUT2D eigenvalue weighted by Gasteiger charge is 2.06. The van der Waals surface area contributed by atoms with Crippen molar-refractivity contribution in [1.29, 1.82) is 5.26 Å². The van der Waals surface area contributed by atoms with Crippen molar-refractivity contribution in [2.45, 2.75) is 33.2 Å². The molecule has 0 spiro atoms. The summed E-state index contributed by atoms with van der Waals surface area (Å²) in [5, 5.41) is 8.68. The summed E-state index contributed by atoms with van der Waals surface area (Å²) in [6, 6.07) is 12.7. The highest BCUT2D eigenvalue weighted by molar-refractivity contribution is 5.14. The van der Waals surface area contributed by atoms with E-state index in [1.807, 2.05) is 6.07 Å². The number of benzene rings is 1. The maximum Gasteiger partial charge on any atom is 0.0635 e. The lowest BCUT2D eigenvalue weighted by Gasteiger charge is -2.22. The molecule has 0 N–H and O–H groups in total. The minimum absolute atomic E-state index is 0.616. The Morgan fingerprint density at radius 1 is 1.18 bits per heavy atom. The van der Waals surface area contributed by atoms with E-state index in [0.29, 0.717) is 6.42 Å². The molecule has 0 heterocycles. The van der Waals surface area contributed by atoms with E-state index in [9.17, 15) is 0 Å². The SMILES string of the molecule is CC(C)CCN(CCC#N)Cc1ccccc1. The van der Waals surface area contributed by atoms with E-state index in [1.54, 1.807) is 0 Å². The summed E-state index contributed by atoms with van der Waals surface area (Å²) < 4.78 is 0. The predicted molar refractivity (Wildman–Crippen MR) is 71.4 cm³/mol. The molecule has 92 valence electrons. The third kappa shape index (κ3) is 6.09. The number of hydrogen-bond donors (Lipinski definition) is 0. The van der Waals surface area contributed by atoms with Gasteiger partial charge in [-0.1, -0.05) is 44.2 Å². The zero-order valence-electron chi connectivity index (χ0n) is 10.9. The predicted octanol–water partition coefficient (Wildman–Crippen LogP) is 3.45. The first-order valence-corrected chi connectivity index (χ1v) is 6.35. The van der Waals surface area contributed by atoms with Crippen LogP contribution in [0.3, 0.4) is 0 Å². The monoisotopic (exact) mass is 230 g/mol. The van der Waals surface area contributed by atoms with E-state index in [4.69, 9.17) is 5.26 Å². The fourth-order valence-corrected chi connectivity index (χ4v) is 1.76. The first-order chi connectivity index (χ1) is 8.22. The standard InChI is InChI=1S/C15H22N2/c1-14(2)9-12-17(11-6-10-16)13-15-7-4-3-5-8-15/h3-5,7-8,14H,6,9,11-13H2,1-2H3. The number of nitriles is 1. The molecular weight excluding hydrogens is 208 g/mol. The van der Waals surface area contributed by atoms with Gasteiger partial charge in [0.15, 0.2) is 0 Å². The van der Waals surface area contributed by atoms with Crippen LogP contribution in [0.4, 0.5) is 0 Å². The summed E-state index contributed by atoms with van der Waals surface area (Å²) in [5.74, 6) is 0.718. The van der Waals surface area contributed by atoms with Gasteiger partial charge in [0, 0.05) is 19.5 Å². The minimum atomic E-state index is 0.616. The van der Waals surface area contributed by atoms with Gasteiger partial charge in [0.05, 0.1) is 6.07 Å². The fourth-order valence-electron chi connectivity index (χ4n) is 1.76. The van der Waals surface area contributed by atoms with E-state index < -0.39 is 0 Å². The molecule has 0 bridgehead atoms. The Kier molecular flexibility index (Phi) is 6.35. The Balaban J connectivity index is 2.48. The number of nitrogens with zero attached hydrogens (tertiary/aromatic N) is 2. The zero-order valence-corrected chi connectivity index (χ0v) is 10.9. The van der Waals surface area contributed by atoms with Crippen molar-refractivity contribution in [2.75, 3.05) is 13.1 Å². The number of rotatable bonds is 7. The van der Waals surface area contributed by atoms with Gasteiger partial charge in [-0.2, -0.15) is 5.26 Å². The van der Waals surface area contributed by atoms with Crippen molar-refractivity contribution >= 4 is 0 Å². The zero-order chi connectivity index (χ0) is 12.5. The van der Waals surface area contributed by atoms with Crippen LogP contribution in [0.5, 0.6) is 0 Å². The average Bonchev–Trinajstić information content (AvgIpc) is 2.34. The van der Waals surface area contributed by atoms with Gasteiger partial charge in [0.1, 0.15) is 0 Å². The van der Waals surface area contributed by atoms with Crippen LogP contribution in [0.15, 0.2) is 30.3 Å². The Hall–Kier alpha value is -1.33. The maximum atomic E-state index is 8.68. The fraction of sp³-hybridized carbons (Fsp3) is 0.533. The van der Waals surface area contributed by atoms with E-state index >= 15 is 0 Å². The normalized spacial score (nSPS) is 10.8. The van der Waals surface area contributed by atoms with Crippen molar-refractivity contribution in [3.8, 4) is 6.07 Å². The molecular formula is C15H22N2. The molecule has 1 aromatic rings. The van der Waals surface area contributed by atoms with Crippen molar-refractivity contribution < 1.29 is 0 Å². The molecule has 0 unspecified atom stereocenters. The van der Waals surface area contributed by atoms with Gasteiger partial charge in [-0.25, -0.2) is 0 Å². The molecule has 0 fully saturated rings. The minimum Gasteiger partial charge on any atom is -0.298 e. The quantitative estimate of drug-likeness (QED) is 0.717. The topological polar surface area (TPSA) is 27.0 Å². The summed E-state index contributed by atoms with van der Waals surface area (Å²) >= 11 is 0. The Bertz CT molecular complexity index is 338. The molecule has 2 nitrogen and oxygen atoms in total. The van der Waals surface area contributed by atoms with Gasteiger partial charge in [-0.05, 0) is 24.4 Å². The molecule has 2 heteroatoms. The van der Waals surface area contributed by atoms with Crippen molar-refractivity contribution in [3.63, 3.8) is 0 Å². The third-order valence-electron chi connectivity index (χ3n) is 2.81. The molecule has 1 rings (SSSR count). The second-order valence-corrected chi connectivity index (χ2v) is 4.85. The van der Waals surface area contributed by atoms with E-state index in [2.05, 4.69) is 49.1 Å². The number of hydrogen-bond acceptors (Lipinski definition) is 2. The lowest BCUT2D eigenvalue weighted by atomic mass is 10.1. The van der Waals surface area contributed by atoms with Crippen LogP contribution in [-0.2, 0) is 6.54 Å². The molecule has 1 aromatic carbocycles. The molecule has 0 aliphatic carbocycles. The van der Waals surface area contributed by atoms with Gasteiger partial charge in [0.2, 0.25) is 0 Å². The smallest absolute Gasteiger partial charge is 0.0635 e. The van der Waals surface area contributed by atoms with Crippen molar-refractivity contribution in [2.24, 2.45) is 5.92 Å². The van der Waals surface area contributed by atoms with Gasteiger partial charge in [-0.3, -0.25) is 4.90 Å². The molecule has 0 amide bonds. The molecule has 0 saturated heterocycles. The molecule has 0 aromatic heterocycles. The van der Waals surface area contributed by atoms with Gasteiger partial charge in [-0.15, -0.1) is 0 Å². The highest BCUT2D eigenvalue weighted by Crippen LogP contribution is 2.08. The van der Waals surface area contributed by atoms with Crippen molar-refractivity contribution in [3.05, 3.63) is 35.9 Å². The maximum absolute atomic E-state index is 8.68. The molecule has 0 aliphatic rings. The van der Waals surface area contributed by atoms with E-state index in [1.165, 1.54) is 12.0 Å². The Labute approximate surface area is 105 Å². The second kappa shape index (κ2) is 7.86. The molecule has 0 saturated carbocycles. The van der Waals surface area contributed by atoms with Crippen LogP contribution in [0.25, 0.3) is 0 Å². The van der Waals surface area contributed by atoms with E-state index in [-0.39, 0.29) is 0 Å². The Morgan fingerprint density at radius 3 is 2.47 bits per heavy atom. The molecule has 0 radical (unpaired) electrons. The van der Waals surface area contributed by atoms with Crippen LogP contribution in [0.1, 0.15) is 32.3 Å². The summed E-state index contributed by atoms with van der Waals surface area (Å²) in [7, 11) is 0. The first kappa shape index (κ1) is 13.7. The third-order valence-corrected chi connectivity index (χ3v) is 2.81. The summed E-state index contributed by atoms with van der Waals surface area (Å²) in [6.07, 6.45) is 1.81. The van der Waals surface area contributed by atoms with E-state index in [0.717, 1.165) is 25.6 Å². The van der Waals surface area contributed by atoms with Gasteiger partial charge in [0.25, 0.3) is 0 Å². The van der Waals surface area contributed by atoms with Crippen LogP contribution in [0, 0.1) is 17.2 Å². The largest absolute Gasteiger partial charge is 0.298 e. The summed E-state index contributed by atoms with van der Waals surface area (Å²) in [4.78, 5) is 2.37. The molecule has 17 heavy (non-hydrogen) atoms. The van der Waals surface area contributed by atoms with Crippen LogP contribution >= 0.6 is 0 Å². The molecule has 0 aliphatic heterocycles. The Morgan fingerprint density at radius 2 is 1.88 bits per heavy atom. The first-order valence-electron chi connectivity index (χ1n) is 6.35. The lowest BCUT2D eigenvalue weighted by Crippen LogP contribution is -2.26. The summed E-state index contributed by atoms with van der Waals surface area (Å²) in [5.41, 5.74) is 1.33. The summed E-state index contributed by atoms with van der Waals surface area (Å²) in [6.45, 7) is 7.39. The van der Waals surface area contributed by atoms with Gasteiger partial charge < -0.3 is 0 Å². The van der Waals surface area contributed by atoms with Gasteiger partial charge >= 0.3 is 0 Å².